The Morgan fingerprint density at radius 2 is 1.92 bits per heavy atom. The summed E-state index contributed by atoms with van der Waals surface area (Å²) in [7, 11) is 0. The third kappa shape index (κ3) is 6.14. The summed E-state index contributed by atoms with van der Waals surface area (Å²) in [6.07, 6.45) is 5.01. The van der Waals surface area contributed by atoms with E-state index < -0.39 is 0 Å². The van der Waals surface area contributed by atoms with Crippen molar-refractivity contribution in [3.8, 4) is 0 Å². The van der Waals surface area contributed by atoms with Crippen LogP contribution in [-0.4, -0.2) is 6.29 Å². The second-order valence-corrected chi connectivity index (χ2v) is 3.97. The fourth-order valence-corrected chi connectivity index (χ4v) is 1.43. The minimum absolute atomic E-state index is 0.498. The van der Waals surface area contributed by atoms with Gasteiger partial charge in [-0.05, 0) is 25.2 Å². The molecule has 0 aromatic rings. The Balaban J connectivity index is 3.82. The molecule has 0 spiro atoms. The first-order valence-corrected chi connectivity index (χ1v) is 4.67. The quantitative estimate of drug-likeness (QED) is 0.455. The standard InChI is InChI=1S/C11H20O/c1-9(2)7-11(4)8-10(3)5-6-12/h6-7,9-10H,5,8H2,1-4H3. The highest BCUT2D eigenvalue weighted by Gasteiger charge is 2.01. The van der Waals surface area contributed by atoms with Crippen molar-refractivity contribution in [1.82, 2.24) is 0 Å². The second-order valence-electron chi connectivity index (χ2n) is 3.97. The van der Waals surface area contributed by atoms with E-state index in [1.54, 1.807) is 0 Å². The van der Waals surface area contributed by atoms with Crippen LogP contribution in [0.3, 0.4) is 0 Å². The molecule has 0 saturated carbocycles. The lowest BCUT2D eigenvalue weighted by Crippen LogP contribution is -1.97. The van der Waals surface area contributed by atoms with Crippen molar-refractivity contribution >= 4 is 6.29 Å². The molecule has 1 atom stereocenters. The van der Waals surface area contributed by atoms with Gasteiger partial charge in [-0.15, -0.1) is 0 Å². The molecule has 0 radical (unpaired) electrons. The highest BCUT2D eigenvalue weighted by Crippen LogP contribution is 2.14. The summed E-state index contributed by atoms with van der Waals surface area (Å²) in [5.41, 5.74) is 1.40. The van der Waals surface area contributed by atoms with Crippen molar-refractivity contribution in [3.05, 3.63) is 11.6 Å². The largest absolute Gasteiger partial charge is 0.303 e. The molecule has 0 N–H and O–H groups in total. The van der Waals surface area contributed by atoms with Gasteiger partial charge in [-0.3, -0.25) is 0 Å². The molecule has 0 saturated heterocycles. The normalized spacial score (nSPS) is 14.9. The Morgan fingerprint density at radius 1 is 1.33 bits per heavy atom. The maximum atomic E-state index is 10.2. The summed E-state index contributed by atoms with van der Waals surface area (Å²) >= 11 is 0. The molecule has 0 heterocycles. The van der Waals surface area contributed by atoms with Crippen LogP contribution < -0.4 is 0 Å². The Hall–Kier alpha value is -0.590. The van der Waals surface area contributed by atoms with E-state index in [4.69, 9.17) is 0 Å². The molecule has 1 unspecified atom stereocenters. The van der Waals surface area contributed by atoms with Crippen LogP contribution in [0.2, 0.25) is 0 Å². The van der Waals surface area contributed by atoms with E-state index in [2.05, 4.69) is 33.8 Å². The fourth-order valence-electron chi connectivity index (χ4n) is 1.43. The molecule has 0 aromatic heterocycles. The third-order valence-corrected chi connectivity index (χ3v) is 1.79. The van der Waals surface area contributed by atoms with E-state index in [1.807, 2.05) is 0 Å². The van der Waals surface area contributed by atoms with Gasteiger partial charge < -0.3 is 4.79 Å². The zero-order valence-electron chi connectivity index (χ0n) is 8.63. The lowest BCUT2D eigenvalue weighted by molar-refractivity contribution is -0.108. The average molecular weight is 168 g/mol. The summed E-state index contributed by atoms with van der Waals surface area (Å²) in [5.74, 6) is 1.12. The van der Waals surface area contributed by atoms with Crippen molar-refractivity contribution in [1.29, 1.82) is 0 Å². The molecule has 0 amide bonds. The van der Waals surface area contributed by atoms with Crippen molar-refractivity contribution in [2.24, 2.45) is 11.8 Å². The van der Waals surface area contributed by atoms with E-state index in [9.17, 15) is 4.79 Å². The van der Waals surface area contributed by atoms with E-state index >= 15 is 0 Å². The predicted molar refractivity (Wildman–Crippen MR) is 53.1 cm³/mol. The first-order chi connectivity index (χ1) is 5.56. The van der Waals surface area contributed by atoms with Gasteiger partial charge in [0.05, 0.1) is 0 Å². The lowest BCUT2D eigenvalue weighted by atomic mass is 9.97. The molecule has 1 heteroatoms. The molecule has 0 aliphatic heterocycles. The summed E-state index contributed by atoms with van der Waals surface area (Å²) in [6.45, 7) is 8.61. The molecule has 0 bridgehead atoms. The second kappa shape index (κ2) is 5.99. The van der Waals surface area contributed by atoms with Gasteiger partial charge in [0.1, 0.15) is 6.29 Å². The van der Waals surface area contributed by atoms with E-state index in [-0.39, 0.29) is 0 Å². The van der Waals surface area contributed by atoms with Crippen LogP contribution in [0, 0.1) is 11.8 Å². The zero-order chi connectivity index (χ0) is 9.56. The lowest BCUT2D eigenvalue weighted by Gasteiger charge is -2.08. The number of hydrogen-bond acceptors (Lipinski definition) is 1. The van der Waals surface area contributed by atoms with Gasteiger partial charge in [-0.25, -0.2) is 0 Å². The highest BCUT2D eigenvalue weighted by molar-refractivity contribution is 5.49. The predicted octanol–water partition coefficient (Wildman–Crippen LogP) is 3.20. The highest BCUT2D eigenvalue weighted by atomic mass is 16.1. The molecular weight excluding hydrogens is 148 g/mol. The third-order valence-electron chi connectivity index (χ3n) is 1.79. The number of carbonyl (C=O) groups is 1. The molecule has 1 nitrogen and oxygen atoms in total. The minimum Gasteiger partial charge on any atom is -0.303 e. The SMILES string of the molecule is CC(=CC(C)C)CC(C)CC=O. The number of carbonyl (C=O) groups excluding carboxylic acids is 1. The molecule has 70 valence electrons. The Labute approximate surface area is 75.9 Å². The molecule has 0 aliphatic carbocycles. The zero-order valence-corrected chi connectivity index (χ0v) is 8.63. The minimum atomic E-state index is 0.498. The maximum Gasteiger partial charge on any atom is 0.120 e. The number of rotatable bonds is 5. The van der Waals surface area contributed by atoms with Gasteiger partial charge in [-0.1, -0.05) is 32.4 Å². The number of aldehydes is 1. The van der Waals surface area contributed by atoms with E-state index in [0.717, 1.165) is 12.7 Å². The van der Waals surface area contributed by atoms with Gasteiger partial charge in [0.2, 0.25) is 0 Å². The summed E-state index contributed by atoms with van der Waals surface area (Å²) in [4.78, 5) is 10.2. The Morgan fingerprint density at radius 3 is 2.33 bits per heavy atom. The molecule has 12 heavy (non-hydrogen) atoms. The molecule has 0 aliphatic rings. The Bertz CT molecular complexity index is 156. The summed E-state index contributed by atoms with van der Waals surface area (Å²) < 4.78 is 0. The fraction of sp³-hybridized carbons (Fsp3) is 0.727. The monoisotopic (exact) mass is 168 g/mol. The van der Waals surface area contributed by atoms with E-state index in [1.165, 1.54) is 5.57 Å². The summed E-state index contributed by atoms with van der Waals surface area (Å²) in [5, 5.41) is 0. The van der Waals surface area contributed by atoms with Crippen LogP contribution in [0.4, 0.5) is 0 Å². The molecule has 0 aromatic carbocycles. The van der Waals surface area contributed by atoms with Crippen LogP contribution >= 0.6 is 0 Å². The number of allylic oxidation sites excluding steroid dienone is 2. The smallest absolute Gasteiger partial charge is 0.120 e. The molecule has 0 fully saturated rings. The van der Waals surface area contributed by atoms with Crippen molar-refractivity contribution < 1.29 is 4.79 Å². The first kappa shape index (κ1) is 11.4. The van der Waals surface area contributed by atoms with Crippen molar-refractivity contribution in [3.63, 3.8) is 0 Å². The van der Waals surface area contributed by atoms with Crippen LogP contribution in [0.15, 0.2) is 11.6 Å². The maximum absolute atomic E-state index is 10.2. The van der Waals surface area contributed by atoms with Gasteiger partial charge in [0.25, 0.3) is 0 Å². The first-order valence-electron chi connectivity index (χ1n) is 4.67. The van der Waals surface area contributed by atoms with Gasteiger partial charge in [0, 0.05) is 6.42 Å². The average Bonchev–Trinajstić information content (AvgIpc) is 1.84. The van der Waals surface area contributed by atoms with Crippen molar-refractivity contribution in [2.45, 2.75) is 40.5 Å². The topological polar surface area (TPSA) is 17.1 Å². The van der Waals surface area contributed by atoms with Crippen LogP contribution in [0.25, 0.3) is 0 Å². The molecule has 0 rings (SSSR count). The summed E-state index contributed by atoms with van der Waals surface area (Å²) in [6, 6.07) is 0. The van der Waals surface area contributed by atoms with Crippen molar-refractivity contribution in [2.75, 3.05) is 0 Å². The Kier molecular flexibility index (Phi) is 5.69. The molecular formula is C11H20O. The number of hydrogen-bond donors (Lipinski definition) is 0. The van der Waals surface area contributed by atoms with Crippen LogP contribution in [-0.2, 0) is 4.79 Å². The van der Waals surface area contributed by atoms with Gasteiger partial charge >= 0.3 is 0 Å². The van der Waals surface area contributed by atoms with Gasteiger partial charge in [0.15, 0.2) is 0 Å². The van der Waals surface area contributed by atoms with Gasteiger partial charge in [-0.2, -0.15) is 0 Å². The van der Waals surface area contributed by atoms with E-state index in [0.29, 0.717) is 18.3 Å². The van der Waals surface area contributed by atoms with Crippen LogP contribution in [0.5, 0.6) is 0 Å². The van der Waals surface area contributed by atoms with Crippen LogP contribution in [0.1, 0.15) is 40.5 Å².